The van der Waals surface area contributed by atoms with Gasteiger partial charge in [-0.25, -0.2) is 9.87 Å². The van der Waals surface area contributed by atoms with Gasteiger partial charge in [-0.1, -0.05) is 36.4 Å². The van der Waals surface area contributed by atoms with Crippen LogP contribution < -0.4 is 5.48 Å². The summed E-state index contributed by atoms with van der Waals surface area (Å²) in [7, 11) is 0. The number of pyridine rings is 1. The van der Waals surface area contributed by atoms with Crippen molar-refractivity contribution in [2.45, 2.75) is 0 Å². The molecular formula is C18H13FN2O2. The lowest BCUT2D eigenvalue weighted by atomic mass is 10.0. The molecule has 4 nitrogen and oxygen atoms in total. The van der Waals surface area contributed by atoms with E-state index in [0.717, 1.165) is 11.1 Å². The van der Waals surface area contributed by atoms with Crippen molar-refractivity contribution in [1.29, 1.82) is 0 Å². The van der Waals surface area contributed by atoms with E-state index in [1.54, 1.807) is 17.6 Å². The third-order valence-corrected chi connectivity index (χ3v) is 3.48. The van der Waals surface area contributed by atoms with Crippen LogP contribution in [0.25, 0.3) is 22.4 Å². The Morgan fingerprint density at radius 3 is 2.48 bits per heavy atom. The first kappa shape index (κ1) is 14.9. The second-order valence-corrected chi connectivity index (χ2v) is 4.93. The molecule has 0 aliphatic carbocycles. The second kappa shape index (κ2) is 6.37. The Balaban J connectivity index is 2.00. The summed E-state index contributed by atoms with van der Waals surface area (Å²) in [6.07, 6.45) is 1.39. The van der Waals surface area contributed by atoms with Gasteiger partial charge in [-0.3, -0.25) is 15.0 Å². The first-order valence-corrected chi connectivity index (χ1v) is 6.95. The number of hydroxylamine groups is 1. The van der Waals surface area contributed by atoms with E-state index in [1.807, 2.05) is 30.3 Å². The number of carbonyl (C=O) groups is 1. The van der Waals surface area contributed by atoms with E-state index in [2.05, 4.69) is 4.98 Å². The molecule has 3 rings (SSSR count). The number of halogens is 1. The van der Waals surface area contributed by atoms with Gasteiger partial charge in [0.2, 0.25) is 0 Å². The molecule has 0 unspecified atom stereocenters. The predicted octanol–water partition coefficient (Wildman–Crippen LogP) is 3.67. The van der Waals surface area contributed by atoms with Crippen LogP contribution in [-0.2, 0) is 0 Å². The summed E-state index contributed by atoms with van der Waals surface area (Å²) >= 11 is 0. The fourth-order valence-electron chi connectivity index (χ4n) is 2.32. The molecule has 0 aliphatic rings. The van der Waals surface area contributed by atoms with E-state index in [1.165, 1.54) is 24.4 Å². The highest BCUT2D eigenvalue weighted by molar-refractivity contribution is 5.94. The van der Waals surface area contributed by atoms with Gasteiger partial charge >= 0.3 is 0 Å². The summed E-state index contributed by atoms with van der Waals surface area (Å²) in [6.45, 7) is 0. The van der Waals surface area contributed by atoms with Gasteiger partial charge in [0, 0.05) is 17.3 Å². The van der Waals surface area contributed by atoms with Crippen LogP contribution >= 0.6 is 0 Å². The Bertz CT molecular complexity index is 851. The minimum absolute atomic E-state index is 0.198. The molecule has 0 bridgehead atoms. The third-order valence-electron chi connectivity index (χ3n) is 3.48. The number of aromatic nitrogens is 1. The second-order valence-electron chi connectivity index (χ2n) is 4.93. The minimum Gasteiger partial charge on any atom is -0.288 e. The van der Waals surface area contributed by atoms with E-state index in [9.17, 15) is 9.18 Å². The van der Waals surface area contributed by atoms with Gasteiger partial charge in [0.15, 0.2) is 0 Å². The molecule has 0 radical (unpaired) electrons. The van der Waals surface area contributed by atoms with Crippen molar-refractivity contribution in [1.82, 2.24) is 10.5 Å². The fourth-order valence-corrected chi connectivity index (χ4v) is 2.32. The average Bonchev–Trinajstić information content (AvgIpc) is 2.61. The number of hydrogen-bond donors (Lipinski definition) is 2. The SMILES string of the molecule is O=C(NO)c1ccnc(-c2ccc(-c3ccccc3)cc2F)c1. The molecule has 0 aliphatic heterocycles. The maximum Gasteiger partial charge on any atom is 0.274 e. The van der Waals surface area contributed by atoms with Crippen molar-refractivity contribution in [3.63, 3.8) is 0 Å². The van der Waals surface area contributed by atoms with Gasteiger partial charge in [0.1, 0.15) is 5.82 Å². The monoisotopic (exact) mass is 308 g/mol. The van der Waals surface area contributed by atoms with Gasteiger partial charge in [0.05, 0.1) is 5.69 Å². The molecule has 3 aromatic rings. The molecule has 0 atom stereocenters. The lowest BCUT2D eigenvalue weighted by Crippen LogP contribution is -2.18. The summed E-state index contributed by atoms with van der Waals surface area (Å²) < 4.78 is 14.4. The first-order valence-electron chi connectivity index (χ1n) is 6.95. The Hall–Kier alpha value is -3.05. The van der Waals surface area contributed by atoms with E-state index in [0.29, 0.717) is 5.69 Å². The number of rotatable bonds is 3. The van der Waals surface area contributed by atoms with E-state index in [-0.39, 0.29) is 11.1 Å². The summed E-state index contributed by atoms with van der Waals surface area (Å²) in [6, 6.07) is 17.2. The summed E-state index contributed by atoms with van der Waals surface area (Å²) in [4.78, 5) is 15.5. The number of carbonyl (C=O) groups excluding carboxylic acids is 1. The van der Waals surface area contributed by atoms with Crippen LogP contribution in [-0.4, -0.2) is 16.1 Å². The van der Waals surface area contributed by atoms with Gasteiger partial charge in [-0.05, 0) is 35.4 Å². The van der Waals surface area contributed by atoms with Gasteiger partial charge in [-0.15, -0.1) is 0 Å². The molecule has 0 saturated heterocycles. The van der Waals surface area contributed by atoms with Crippen molar-refractivity contribution in [3.8, 4) is 22.4 Å². The third kappa shape index (κ3) is 3.09. The largest absolute Gasteiger partial charge is 0.288 e. The van der Waals surface area contributed by atoms with Gasteiger partial charge in [0.25, 0.3) is 5.91 Å². The van der Waals surface area contributed by atoms with Crippen molar-refractivity contribution < 1.29 is 14.4 Å². The molecule has 0 spiro atoms. The molecule has 5 heteroatoms. The highest BCUT2D eigenvalue weighted by atomic mass is 19.1. The summed E-state index contributed by atoms with van der Waals surface area (Å²) in [5.74, 6) is -1.10. The Morgan fingerprint density at radius 2 is 1.78 bits per heavy atom. The number of nitrogens with one attached hydrogen (secondary N) is 1. The maximum absolute atomic E-state index is 14.4. The first-order chi connectivity index (χ1) is 11.2. The van der Waals surface area contributed by atoms with Crippen LogP contribution in [0.4, 0.5) is 4.39 Å². The zero-order valence-electron chi connectivity index (χ0n) is 12.0. The summed E-state index contributed by atoms with van der Waals surface area (Å²) in [5.41, 5.74) is 4.03. The summed E-state index contributed by atoms with van der Waals surface area (Å²) in [5, 5.41) is 8.67. The molecule has 2 aromatic carbocycles. The van der Waals surface area contributed by atoms with Crippen molar-refractivity contribution >= 4 is 5.91 Å². The smallest absolute Gasteiger partial charge is 0.274 e. The topological polar surface area (TPSA) is 62.2 Å². The Kier molecular flexibility index (Phi) is 4.12. The van der Waals surface area contributed by atoms with E-state index >= 15 is 0 Å². The Labute approximate surface area is 132 Å². The number of hydrogen-bond acceptors (Lipinski definition) is 3. The molecule has 114 valence electrons. The maximum atomic E-state index is 14.4. The number of nitrogens with zero attached hydrogens (tertiary/aromatic N) is 1. The highest BCUT2D eigenvalue weighted by Gasteiger charge is 2.11. The van der Waals surface area contributed by atoms with Crippen molar-refractivity contribution in [2.24, 2.45) is 0 Å². The van der Waals surface area contributed by atoms with Crippen molar-refractivity contribution in [3.05, 3.63) is 78.2 Å². The van der Waals surface area contributed by atoms with Crippen LogP contribution in [0.2, 0.25) is 0 Å². The Morgan fingerprint density at radius 1 is 1.00 bits per heavy atom. The van der Waals surface area contributed by atoms with Crippen LogP contribution in [0.5, 0.6) is 0 Å². The standard InChI is InChI=1S/C18H13FN2O2/c19-16-10-13(12-4-2-1-3-5-12)6-7-15(16)17-11-14(8-9-20-17)18(22)21-23/h1-11,23H,(H,21,22). The van der Waals surface area contributed by atoms with Crippen molar-refractivity contribution in [2.75, 3.05) is 0 Å². The molecular weight excluding hydrogens is 295 g/mol. The van der Waals surface area contributed by atoms with E-state index in [4.69, 9.17) is 5.21 Å². The average molecular weight is 308 g/mol. The normalized spacial score (nSPS) is 10.3. The highest BCUT2D eigenvalue weighted by Crippen LogP contribution is 2.27. The number of benzene rings is 2. The molecule has 2 N–H and O–H groups in total. The lowest BCUT2D eigenvalue weighted by molar-refractivity contribution is 0.0706. The molecule has 0 fully saturated rings. The van der Waals surface area contributed by atoms with Gasteiger partial charge < -0.3 is 0 Å². The van der Waals surface area contributed by atoms with Crippen LogP contribution in [0, 0.1) is 5.82 Å². The molecule has 0 saturated carbocycles. The van der Waals surface area contributed by atoms with Crippen LogP contribution in [0.3, 0.4) is 0 Å². The predicted molar refractivity (Wildman–Crippen MR) is 84.3 cm³/mol. The molecule has 1 aromatic heterocycles. The number of amides is 1. The zero-order valence-corrected chi connectivity index (χ0v) is 12.0. The quantitative estimate of drug-likeness (QED) is 0.573. The fraction of sp³-hybridized carbons (Fsp3) is 0. The van der Waals surface area contributed by atoms with Gasteiger partial charge in [-0.2, -0.15) is 0 Å². The van der Waals surface area contributed by atoms with E-state index < -0.39 is 11.7 Å². The molecule has 1 amide bonds. The molecule has 23 heavy (non-hydrogen) atoms. The molecule has 1 heterocycles. The lowest BCUT2D eigenvalue weighted by Gasteiger charge is -2.07. The zero-order chi connectivity index (χ0) is 16.2. The minimum atomic E-state index is -0.671. The van der Waals surface area contributed by atoms with Crippen LogP contribution in [0.15, 0.2) is 66.9 Å². The van der Waals surface area contributed by atoms with Crippen LogP contribution in [0.1, 0.15) is 10.4 Å².